The van der Waals surface area contributed by atoms with E-state index in [4.69, 9.17) is 11.6 Å². The molecule has 16 heavy (non-hydrogen) atoms. The second kappa shape index (κ2) is 5.54. The molecular formula is C9H7BrClF2NO2. The van der Waals surface area contributed by atoms with E-state index in [0.29, 0.717) is 0 Å². The zero-order chi connectivity index (χ0) is 12.3. The third-order valence-electron chi connectivity index (χ3n) is 1.65. The Morgan fingerprint density at radius 2 is 2.31 bits per heavy atom. The highest BCUT2D eigenvalue weighted by Gasteiger charge is 2.22. The van der Waals surface area contributed by atoms with E-state index in [2.05, 4.69) is 25.7 Å². The van der Waals surface area contributed by atoms with E-state index in [1.54, 1.807) is 6.92 Å². The fourth-order valence-corrected chi connectivity index (χ4v) is 1.70. The largest absolute Gasteiger partial charge is 0.462 e. The molecule has 0 saturated carbocycles. The minimum absolute atomic E-state index is 0.107. The number of esters is 1. The van der Waals surface area contributed by atoms with Gasteiger partial charge in [0.2, 0.25) is 0 Å². The number of hydrogen-bond donors (Lipinski definition) is 0. The van der Waals surface area contributed by atoms with Gasteiger partial charge in [0.05, 0.1) is 17.2 Å². The molecule has 0 aliphatic rings. The summed E-state index contributed by atoms with van der Waals surface area (Å²) in [5, 5.41) is -0.378. The first-order valence-electron chi connectivity index (χ1n) is 4.28. The van der Waals surface area contributed by atoms with Crippen molar-refractivity contribution < 1.29 is 18.3 Å². The van der Waals surface area contributed by atoms with E-state index in [1.165, 1.54) is 6.07 Å². The fraction of sp³-hybridized carbons (Fsp3) is 0.333. The molecule has 0 amide bonds. The lowest BCUT2D eigenvalue weighted by Crippen LogP contribution is -2.08. The molecule has 0 bridgehead atoms. The Morgan fingerprint density at radius 3 is 2.81 bits per heavy atom. The molecule has 0 radical (unpaired) electrons. The predicted molar refractivity (Wildman–Crippen MR) is 57.9 cm³/mol. The first-order chi connectivity index (χ1) is 7.47. The van der Waals surface area contributed by atoms with Gasteiger partial charge < -0.3 is 4.74 Å². The molecule has 0 saturated heterocycles. The van der Waals surface area contributed by atoms with E-state index >= 15 is 0 Å². The molecule has 3 nitrogen and oxygen atoms in total. The average molecular weight is 315 g/mol. The highest BCUT2D eigenvalue weighted by molar-refractivity contribution is 9.10. The van der Waals surface area contributed by atoms with Gasteiger partial charge in [-0.05, 0) is 28.9 Å². The van der Waals surface area contributed by atoms with Gasteiger partial charge in [0.25, 0.3) is 6.43 Å². The van der Waals surface area contributed by atoms with Crippen LogP contribution in [0.25, 0.3) is 0 Å². The molecule has 1 rings (SSSR count). The summed E-state index contributed by atoms with van der Waals surface area (Å²) in [6.07, 6.45) is -2.85. The predicted octanol–water partition coefficient (Wildman–Crippen LogP) is 3.61. The van der Waals surface area contributed by atoms with E-state index in [9.17, 15) is 13.6 Å². The van der Waals surface area contributed by atoms with Gasteiger partial charge in [0, 0.05) is 0 Å². The maximum absolute atomic E-state index is 12.5. The van der Waals surface area contributed by atoms with Gasteiger partial charge in [-0.3, -0.25) is 0 Å². The van der Waals surface area contributed by atoms with Crippen molar-refractivity contribution in [2.24, 2.45) is 0 Å². The second-order valence-electron chi connectivity index (χ2n) is 2.71. The van der Waals surface area contributed by atoms with Crippen LogP contribution in [0.4, 0.5) is 8.78 Å². The van der Waals surface area contributed by atoms with Crippen molar-refractivity contribution in [3.8, 4) is 0 Å². The van der Waals surface area contributed by atoms with Crippen molar-refractivity contribution in [3.63, 3.8) is 0 Å². The van der Waals surface area contributed by atoms with Crippen LogP contribution >= 0.6 is 27.5 Å². The molecule has 1 heterocycles. The monoisotopic (exact) mass is 313 g/mol. The quantitative estimate of drug-likeness (QED) is 0.632. The molecule has 88 valence electrons. The number of nitrogens with zero attached hydrogens (tertiary/aromatic N) is 1. The Labute approximate surface area is 104 Å². The zero-order valence-electron chi connectivity index (χ0n) is 8.14. The molecular weight excluding hydrogens is 307 g/mol. The van der Waals surface area contributed by atoms with Crippen LogP contribution in [0.15, 0.2) is 10.7 Å². The molecule has 0 spiro atoms. The van der Waals surface area contributed by atoms with Crippen LogP contribution < -0.4 is 0 Å². The van der Waals surface area contributed by atoms with Crippen LogP contribution in [0.1, 0.15) is 29.4 Å². The summed E-state index contributed by atoms with van der Waals surface area (Å²) >= 11 is 8.57. The van der Waals surface area contributed by atoms with E-state index in [-0.39, 0.29) is 21.8 Å². The molecule has 0 atom stereocenters. The fourth-order valence-electron chi connectivity index (χ4n) is 1.02. The van der Waals surface area contributed by atoms with Gasteiger partial charge in [-0.2, -0.15) is 0 Å². The SMILES string of the molecule is CCOC(=O)c1cc(Br)nc(C(F)F)c1Cl. The number of carbonyl (C=O) groups excluding carboxylic acids is 1. The molecule has 0 aliphatic carbocycles. The molecule has 0 aliphatic heterocycles. The number of pyridine rings is 1. The van der Waals surface area contributed by atoms with Crippen LogP contribution in [0.2, 0.25) is 5.02 Å². The van der Waals surface area contributed by atoms with Crippen molar-refractivity contribution in [3.05, 3.63) is 26.9 Å². The third kappa shape index (κ3) is 2.89. The van der Waals surface area contributed by atoms with Gasteiger partial charge >= 0.3 is 5.97 Å². The van der Waals surface area contributed by atoms with Crippen molar-refractivity contribution in [2.45, 2.75) is 13.3 Å². The van der Waals surface area contributed by atoms with Gasteiger partial charge in [0.15, 0.2) is 0 Å². The number of carbonyl (C=O) groups is 1. The Morgan fingerprint density at radius 1 is 1.69 bits per heavy atom. The Balaban J connectivity index is 3.24. The Hall–Kier alpha value is -0.750. The normalized spacial score (nSPS) is 10.6. The number of ether oxygens (including phenoxy) is 1. The summed E-state index contributed by atoms with van der Waals surface area (Å²) in [6, 6.07) is 1.24. The summed E-state index contributed by atoms with van der Waals surface area (Å²) < 4.78 is 29.8. The number of alkyl halides is 2. The lowest BCUT2D eigenvalue weighted by molar-refractivity contribution is 0.0525. The van der Waals surface area contributed by atoms with E-state index in [0.717, 1.165) is 0 Å². The summed E-state index contributed by atoms with van der Waals surface area (Å²) in [6.45, 7) is 1.75. The number of hydrogen-bond acceptors (Lipinski definition) is 3. The number of aromatic nitrogens is 1. The van der Waals surface area contributed by atoms with Gasteiger partial charge in [0.1, 0.15) is 10.3 Å². The highest BCUT2D eigenvalue weighted by atomic mass is 79.9. The summed E-state index contributed by atoms with van der Waals surface area (Å²) in [4.78, 5) is 14.9. The van der Waals surface area contributed by atoms with Crippen LogP contribution in [0, 0.1) is 0 Å². The minimum atomic E-state index is -2.85. The standard InChI is InChI=1S/C9H7BrClF2NO2/c1-2-16-9(15)4-3-5(10)14-7(6(4)11)8(12)13/h3,8H,2H2,1H3. The molecule has 0 aromatic carbocycles. The Kier molecular flexibility index (Phi) is 4.61. The van der Waals surface area contributed by atoms with Crippen LogP contribution in [0.5, 0.6) is 0 Å². The molecule has 0 N–H and O–H groups in total. The van der Waals surface area contributed by atoms with E-state index < -0.39 is 18.1 Å². The molecule has 1 aromatic rings. The maximum Gasteiger partial charge on any atom is 0.339 e. The molecule has 0 unspecified atom stereocenters. The van der Waals surface area contributed by atoms with Gasteiger partial charge in [-0.15, -0.1) is 0 Å². The van der Waals surface area contributed by atoms with Gasteiger partial charge in [-0.1, -0.05) is 11.6 Å². The summed E-state index contributed by atoms with van der Waals surface area (Å²) in [5.41, 5.74) is -0.764. The van der Waals surface area contributed by atoms with Crippen LogP contribution in [-0.2, 0) is 4.74 Å². The van der Waals surface area contributed by atoms with E-state index in [1.807, 2.05) is 0 Å². The smallest absolute Gasteiger partial charge is 0.339 e. The lowest BCUT2D eigenvalue weighted by atomic mass is 10.2. The van der Waals surface area contributed by atoms with Crippen LogP contribution in [-0.4, -0.2) is 17.6 Å². The molecule has 0 fully saturated rings. The second-order valence-corrected chi connectivity index (χ2v) is 3.90. The first kappa shape index (κ1) is 13.3. The highest BCUT2D eigenvalue weighted by Crippen LogP contribution is 2.30. The lowest BCUT2D eigenvalue weighted by Gasteiger charge is -2.08. The summed E-state index contributed by atoms with van der Waals surface area (Å²) in [5.74, 6) is -0.752. The minimum Gasteiger partial charge on any atom is -0.462 e. The maximum atomic E-state index is 12.5. The van der Waals surface area contributed by atoms with Crippen LogP contribution in [0.3, 0.4) is 0 Å². The van der Waals surface area contributed by atoms with Crippen molar-refractivity contribution in [1.82, 2.24) is 4.98 Å². The third-order valence-corrected chi connectivity index (χ3v) is 2.46. The van der Waals surface area contributed by atoms with Gasteiger partial charge in [-0.25, -0.2) is 18.6 Å². The number of halogens is 4. The van der Waals surface area contributed by atoms with Crippen molar-refractivity contribution >= 4 is 33.5 Å². The molecule has 1 aromatic heterocycles. The summed E-state index contributed by atoms with van der Waals surface area (Å²) in [7, 11) is 0. The number of rotatable bonds is 3. The first-order valence-corrected chi connectivity index (χ1v) is 5.45. The topological polar surface area (TPSA) is 39.2 Å². The average Bonchev–Trinajstić information content (AvgIpc) is 2.20. The Bertz CT molecular complexity index is 415. The van der Waals surface area contributed by atoms with Crippen molar-refractivity contribution in [2.75, 3.05) is 6.61 Å². The van der Waals surface area contributed by atoms with Crippen molar-refractivity contribution in [1.29, 1.82) is 0 Å². The molecule has 7 heteroatoms. The zero-order valence-corrected chi connectivity index (χ0v) is 10.5.